The maximum atomic E-state index is 12.1. The number of carbonyl (C=O) groups is 1. The molecule has 1 saturated carbocycles. The summed E-state index contributed by atoms with van der Waals surface area (Å²) >= 11 is 1.21. The van der Waals surface area contributed by atoms with Crippen molar-refractivity contribution in [3.63, 3.8) is 0 Å². The molecule has 0 bridgehead atoms. The van der Waals surface area contributed by atoms with E-state index in [1.807, 2.05) is 0 Å². The zero-order valence-electron chi connectivity index (χ0n) is 10.7. The second-order valence-corrected chi connectivity index (χ2v) is 5.81. The number of anilines is 1. The molecule has 20 heavy (non-hydrogen) atoms. The molecule has 2 aliphatic rings. The molecule has 7 nitrogen and oxygen atoms in total. The van der Waals surface area contributed by atoms with Gasteiger partial charge in [-0.05, 0) is 18.8 Å². The predicted octanol–water partition coefficient (Wildman–Crippen LogP) is 1.33. The lowest BCUT2D eigenvalue weighted by Gasteiger charge is -1.97. The highest BCUT2D eigenvalue weighted by atomic mass is 32.1. The van der Waals surface area contributed by atoms with Crippen LogP contribution in [0.2, 0.25) is 0 Å². The summed E-state index contributed by atoms with van der Waals surface area (Å²) in [5.74, 6) is 1.93. The molecule has 1 fully saturated rings. The minimum atomic E-state index is -0.273. The molecule has 1 N–H and O–H groups in total. The van der Waals surface area contributed by atoms with E-state index in [1.165, 1.54) is 24.4 Å². The molecule has 0 radical (unpaired) electrons. The van der Waals surface area contributed by atoms with E-state index in [9.17, 15) is 4.79 Å². The van der Waals surface area contributed by atoms with Crippen LogP contribution in [0.15, 0.2) is 6.07 Å². The van der Waals surface area contributed by atoms with Gasteiger partial charge in [0.2, 0.25) is 11.0 Å². The molecule has 1 aliphatic heterocycles. The van der Waals surface area contributed by atoms with E-state index in [1.54, 1.807) is 10.7 Å². The van der Waals surface area contributed by atoms with E-state index in [0.717, 1.165) is 18.2 Å². The molecule has 1 amide bonds. The number of nitrogens with one attached hydrogen (secondary N) is 1. The third-order valence-electron chi connectivity index (χ3n) is 3.39. The molecule has 2 aromatic rings. The smallest absolute Gasteiger partial charge is 0.278 e. The fraction of sp³-hybridized carbons (Fsp3) is 0.500. The Morgan fingerprint density at radius 3 is 3.25 bits per heavy atom. The predicted molar refractivity (Wildman–Crippen MR) is 72.0 cm³/mol. The van der Waals surface area contributed by atoms with Crippen LogP contribution in [0.5, 0.6) is 5.88 Å². The van der Waals surface area contributed by atoms with Gasteiger partial charge in [-0.15, -0.1) is 0 Å². The van der Waals surface area contributed by atoms with Crippen LogP contribution in [0.4, 0.5) is 5.13 Å². The van der Waals surface area contributed by atoms with Crippen LogP contribution in [0.25, 0.3) is 0 Å². The van der Waals surface area contributed by atoms with Gasteiger partial charge in [-0.2, -0.15) is 9.47 Å². The molecule has 4 rings (SSSR count). The van der Waals surface area contributed by atoms with Gasteiger partial charge in [0, 0.05) is 24.0 Å². The van der Waals surface area contributed by atoms with Crippen LogP contribution >= 0.6 is 11.5 Å². The molecule has 2 aromatic heterocycles. The van der Waals surface area contributed by atoms with Crippen LogP contribution in [0.1, 0.15) is 29.2 Å². The first kappa shape index (κ1) is 11.8. The SMILES string of the molecule is O=C(Nc1nc(CC2CC2)ns1)c1cc2n(n1)CCO2. The van der Waals surface area contributed by atoms with Gasteiger partial charge in [0.15, 0.2) is 5.69 Å². The lowest BCUT2D eigenvalue weighted by Crippen LogP contribution is -2.13. The Hall–Kier alpha value is -1.96. The molecule has 104 valence electrons. The van der Waals surface area contributed by atoms with Crippen molar-refractivity contribution in [1.82, 2.24) is 19.1 Å². The minimum absolute atomic E-state index is 0.273. The van der Waals surface area contributed by atoms with E-state index in [2.05, 4.69) is 19.8 Å². The Morgan fingerprint density at radius 1 is 1.55 bits per heavy atom. The molecule has 0 unspecified atom stereocenters. The summed E-state index contributed by atoms with van der Waals surface area (Å²) in [5, 5.41) is 7.45. The Balaban J connectivity index is 1.44. The summed E-state index contributed by atoms with van der Waals surface area (Å²) in [6, 6.07) is 1.65. The van der Waals surface area contributed by atoms with Crippen LogP contribution < -0.4 is 10.1 Å². The Kier molecular flexibility index (Phi) is 2.69. The number of amides is 1. The second kappa shape index (κ2) is 4.55. The number of rotatable bonds is 4. The van der Waals surface area contributed by atoms with Crippen molar-refractivity contribution < 1.29 is 9.53 Å². The molecular formula is C12H13N5O2S. The summed E-state index contributed by atoms with van der Waals surface area (Å²) in [5.41, 5.74) is 0.346. The standard InChI is InChI=1S/C12H13N5O2S/c18-11(8-6-10-17(15-8)3-4-19-10)14-12-13-9(16-20-12)5-7-1-2-7/h6-7H,1-5H2,(H,13,14,16,18). The van der Waals surface area contributed by atoms with Gasteiger partial charge in [0.05, 0.1) is 6.54 Å². The second-order valence-electron chi connectivity index (χ2n) is 5.06. The first-order valence-corrected chi connectivity index (χ1v) is 7.40. The highest BCUT2D eigenvalue weighted by Crippen LogP contribution is 2.32. The highest BCUT2D eigenvalue weighted by molar-refractivity contribution is 7.09. The maximum Gasteiger partial charge on any atom is 0.278 e. The van der Waals surface area contributed by atoms with E-state index in [-0.39, 0.29) is 5.91 Å². The average molecular weight is 291 g/mol. The van der Waals surface area contributed by atoms with Gasteiger partial charge >= 0.3 is 0 Å². The van der Waals surface area contributed by atoms with Crippen molar-refractivity contribution in [3.8, 4) is 5.88 Å². The summed E-state index contributed by atoms with van der Waals surface area (Å²) < 4.78 is 11.3. The Morgan fingerprint density at radius 2 is 2.45 bits per heavy atom. The van der Waals surface area contributed by atoms with Gasteiger partial charge in [-0.25, -0.2) is 9.67 Å². The van der Waals surface area contributed by atoms with Crippen LogP contribution in [-0.2, 0) is 13.0 Å². The van der Waals surface area contributed by atoms with Gasteiger partial charge in [-0.3, -0.25) is 10.1 Å². The number of nitrogens with zero attached hydrogens (tertiary/aromatic N) is 4. The lowest BCUT2D eigenvalue weighted by atomic mass is 10.3. The fourth-order valence-corrected chi connectivity index (χ4v) is 2.74. The van der Waals surface area contributed by atoms with Crippen molar-refractivity contribution in [2.75, 3.05) is 11.9 Å². The van der Waals surface area contributed by atoms with E-state index < -0.39 is 0 Å². The molecule has 0 atom stereocenters. The van der Waals surface area contributed by atoms with Gasteiger partial charge in [-0.1, -0.05) is 0 Å². The van der Waals surface area contributed by atoms with E-state index in [0.29, 0.717) is 29.9 Å². The number of aromatic nitrogens is 4. The average Bonchev–Trinajstić information content (AvgIpc) is 2.83. The first-order chi connectivity index (χ1) is 9.78. The zero-order valence-corrected chi connectivity index (χ0v) is 11.5. The van der Waals surface area contributed by atoms with Crippen molar-refractivity contribution in [3.05, 3.63) is 17.6 Å². The molecule has 0 aromatic carbocycles. The normalized spacial score (nSPS) is 16.8. The third-order valence-corrected chi connectivity index (χ3v) is 4.05. The highest BCUT2D eigenvalue weighted by Gasteiger charge is 2.24. The van der Waals surface area contributed by atoms with Gasteiger partial charge < -0.3 is 4.74 Å². The zero-order chi connectivity index (χ0) is 13.5. The summed E-state index contributed by atoms with van der Waals surface area (Å²) in [7, 11) is 0. The van der Waals surface area contributed by atoms with Crippen LogP contribution in [0, 0.1) is 5.92 Å². The summed E-state index contributed by atoms with van der Waals surface area (Å²) in [4.78, 5) is 16.4. The third kappa shape index (κ3) is 2.26. The minimum Gasteiger partial charge on any atom is -0.476 e. The van der Waals surface area contributed by atoms with Gasteiger partial charge in [0.25, 0.3) is 5.91 Å². The quantitative estimate of drug-likeness (QED) is 0.919. The summed E-state index contributed by atoms with van der Waals surface area (Å²) in [6.07, 6.45) is 3.45. The first-order valence-electron chi connectivity index (χ1n) is 6.62. The number of hydrogen-bond acceptors (Lipinski definition) is 6. The van der Waals surface area contributed by atoms with E-state index >= 15 is 0 Å². The fourth-order valence-electron chi connectivity index (χ4n) is 2.15. The number of hydrogen-bond donors (Lipinski definition) is 1. The number of carbonyl (C=O) groups excluding carboxylic acids is 1. The maximum absolute atomic E-state index is 12.1. The summed E-state index contributed by atoms with van der Waals surface area (Å²) in [6.45, 7) is 1.30. The molecule has 0 spiro atoms. The Bertz CT molecular complexity index is 639. The van der Waals surface area contributed by atoms with Gasteiger partial charge in [0.1, 0.15) is 12.4 Å². The van der Waals surface area contributed by atoms with Crippen molar-refractivity contribution in [1.29, 1.82) is 0 Å². The largest absolute Gasteiger partial charge is 0.476 e. The molecule has 3 heterocycles. The Labute approximate surface area is 119 Å². The molecular weight excluding hydrogens is 278 g/mol. The topological polar surface area (TPSA) is 81.9 Å². The monoisotopic (exact) mass is 291 g/mol. The van der Waals surface area contributed by atoms with Crippen molar-refractivity contribution >= 4 is 22.6 Å². The number of ether oxygens (including phenoxy) is 1. The number of fused-ring (bicyclic) bond motifs is 1. The van der Waals surface area contributed by atoms with Crippen LogP contribution in [0.3, 0.4) is 0 Å². The van der Waals surface area contributed by atoms with Crippen LogP contribution in [-0.4, -0.2) is 31.7 Å². The van der Waals surface area contributed by atoms with E-state index in [4.69, 9.17) is 4.74 Å². The van der Waals surface area contributed by atoms with Crippen molar-refractivity contribution in [2.24, 2.45) is 5.92 Å². The molecule has 8 heteroatoms. The molecule has 0 saturated heterocycles. The van der Waals surface area contributed by atoms with Crippen molar-refractivity contribution in [2.45, 2.75) is 25.8 Å². The molecule has 1 aliphatic carbocycles. The lowest BCUT2D eigenvalue weighted by molar-refractivity contribution is 0.102.